The van der Waals surface area contributed by atoms with Gasteiger partial charge in [0, 0.05) is 29.1 Å². The number of esters is 1. The second-order valence-electron chi connectivity index (χ2n) is 7.61. The fourth-order valence-electron chi connectivity index (χ4n) is 4.46. The molecule has 10 heteroatoms. The van der Waals surface area contributed by atoms with E-state index in [0.29, 0.717) is 22.5 Å². The van der Waals surface area contributed by atoms with Gasteiger partial charge in [0.1, 0.15) is 17.4 Å². The van der Waals surface area contributed by atoms with Crippen LogP contribution in [0.4, 0.5) is 8.78 Å². The monoisotopic (exact) mass is 447 g/mol. The number of carbonyl (C=O) groups is 1. The number of aliphatic hydroxyl groups is 1. The molecule has 4 heterocycles. The molecular formula is C21H16ClF2N3O4. The lowest BCUT2D eigenvalue weighted by atomic mass is 9.86. The molecule has 0 unspecified atom stereocenters. The standard InChI is InChI=1S/C21H16ClF2N3O4/c1-2-21(30)11-3-14-18-9(6-27(14)19(28)10(11)7-31-20(21)29)8(5-25)15-13(26-18)4-12(23)16(22)17(15)24/h3-4,30H,2,5-7,25H2,1H3/t21-/m0/s1. The lowest BCUT2D eigenvalue weighted by Gasteiger charge is -2.31. The van der Waals surface area contributed by atoms with Crippen LogP contribution < -0.4 is 11.3 Å². The number of hydrogen-bond acceptors (Lipinski definition) is 6. The summed E-state index contributed by atoms with van der Waals surface area (Å²) in [6, 6.07) is 2.54. The van der Waals surface area contributed by atoms with Gasteiger partial charge in [-0.15, -0.1) is 0 Å². The van der Waals surface area contributed by atoms with Gasteiger partial charge in [0.2, 0.25) is 0 Å². The highest BCUT2D eigenvalue weighted by Gasteiger charge is 2.45. The van der Waals surface area contributed by atoms with Crippen molar-refractivity contribution in [3.05, 3.63) is 61.4 Å². The number of carbonyl (C=O) groups excluding carboxylic acids is 1. The Hall–Kier alpha value is -2.88. The Bertz CT molecular complexity index is 1390. The van der Waals surface area contributed by atoms with Crippen LogP contribution in [0.15, 0.2) is 16.9 Å². The molecule has 5 rings (SSSR count). The lowest BCUT2D eigenvalue weighted by molar-refractivity contribution is -0.172. The molecule has 2 aliphatic heterocycles. The van der Waals surface area contributed by atoms with Crippen LogP contribution in [0.5, 0.6) is 0 Å². The van der Waals surface area contributed by atoms with Crippen molar-refractivity contribution in [3.63, 3.8) is 0 Å². The van der Waals surface area contributed by atoms with Gasteiger partial charge in [-0.1, -0.05) is 18.5 Å². The van der Waals surface area contributed by atoms with Crippen molar-refractivity contribution in [2.75, 3.05) is 0 Å². The van der Waals surface area contributed by atoms with E-state index < -0.39 is 33.8 Å². The number of fused-ring (bicyclic) bond motifs is 5. The smallest absolute Gasteiger partial charge is 0.343 e. The third kappa shape index (κ3) is 2.48. The number of hydrogen-bond donors (Lipinski definition) is 2. The van der Waals surface area contributed by atoms with Crippen LogP contribution in [0, 0.1) is 11.6 Å². The first-order valence-electron chi connectivity index (χ1n) is 9.59. The zero-order valence-corrected chi connectivity index (χ0v) is 17.0. The Kier molecular flexibility index (Phi) is 4.24. The van der Waals surface area contributed by atoms with E-state index in [1.54, 1.807) is 6.92 Å². The number of aromatic nitrogens is 2. The molecule has 1 atom stereocenters. The Balaban J connectivity index is 1.86. The van der Waals surface area contributed by atoms with Gasteiger partial charge in [-0.05, 0) is 18.1 Å². The van der Waals surface area contributed by atoms with Crippen molar-refractivity contribution in [1.29, 1.82) is 0 Å². The number of halogens is 3. The predicted octanol–water partition coefficient (Wildman–Crippen LogP) is 2.47. The quantitative estimate of drug-likeness (QED) is 0.361. The first-order valence-corrected chi connectivity index (χ1v) is 9.96. The molecule has 3 N–H and O–H groups in total. The van der Waals surface area contributed by atoms with Gasteiger partial charge in [-0.25, -0.2) is 18.6 Å². The second-order valence-corrected chi connectivity index (χ2v) is 7.98. The number of nitrogens with zero attached hydrogens (tertiary/aromatic N) is 2. The van der Waals surface area contributed by atoms with E-state index in [9.17, 15) is 23.5 Å². The van der Waals surface area contributed by atoms with Crippen molar-refractivity contribution >= 4 is 28.5 Å². The Morgan fingerprint density at radius 1 is 1.32 bits per heavy atom. The summed E-state index contributed by atoms with van der Waals surface area (Å²) in [5.41, 5.74) is 5.30. The van der Waals surface area contributed by atoms with E-state index in [4.69, 9.17) is 22.1 Å². The fourth-order valence-corrected chi connectivity index (χ4v) is 4.61. The van der Waals surface area contributed by atoms with E-state index in [1.807, 2.05) is 0 Å². The molecule has 0 saturated carbocycles. The second kappa shape index (κ2) is 6.56. The largest absolute Gasteiger partial charge is 0.458 e. The fraction of sp³-hybridized carbons (Fsp3) is 0.286. The molecule has 0 saturated heterocycles. The van der Waals surface area contributed by atoms with Crippen LogP contribution in [0.1, 0.15) is 35.6 Å². The predicted molar refractivity (Wildman–Crippen MR) is 107 cm³/mol. The minimum atomic E-state index is -1.97. The van der Waals surface area contributed by atoms with Crippen molar-refractivity contribution in [2.45, 2.75) is 38.6 Å². The van der Waals surface area contributed by atoms with Crippen molar-refractivity contribution in [2.24, 2.45) is 5.73 Å². The first kappa shape index (κ1) is 20.0. The zero-order valence-electron chi connectivity index (χ0n) is 16.3. The van der Waals surface area contributed by atoms with Gasteiger partial charge in [-0.2, -0.15) is 0 Å². The minimum absolute atomic E-state index is 0.00171. The first-order chi connectivity index (χ1) is 14.7. The molecule has 160 valence electrons. The van der Waals surface area contributed by atoms with Crippen molar-refractivity contribution < 1.29 is 23.4 Å². The number of pyridine rings is 2. The third-order valence-electron chi connectivity index (χ3n) is 6.13. The summed E-state index contributed by atoms with van der Waals surface area (Å²) >= 11 is 5.75. The minimum Gasteiger partial charge on any atom is -0.458 e. The van der Waals surface area contributed by atoms with Gasteiger partial charge in [0.25, 0.3) is 5.56 Å². The summed E-state index contributed by atoms with van der Waals surface area (Å²) in [6.07, 6.45) is 0.00268. The topological polar surface area (TPSA) is 107 Å². The molecule has 7 nitrogen and oxygen atoms in total. The molecule has 0 fully saturated rings. The van der Waals surface area contributed by atoms with Crippen LogP contribution in [0.25, 0.3) is 22.3 Å². The molecule has 3 aromatic rings. The van der Waals surface area contributed by atoms with Crippen LogP contribution in [-0.2, 0) is 34.8 Å². The molecule has 0 spiro atoms. The van der Waals surface area contributed by atoms with Crippen molar-refractivity contribution in [1.82, 2.24) is 9.55 Å². The highest BCUT2D eigenvalue weighted by Crippen LogP contribution is 2.41. The average molecular weight is 448 g/mol. The molecule has 31 heavy (non-hydrogen) atoms. The van der Waals surface area contributed by atoms with Gasteiger partial charge < -0.3 is 20.1 Å². The molecule has 2 aliphatic rings. The summed E-state index contributed by atoms with van der Waals surface area (Å²) in [6.45, 7) is 1.30. The maximum atomic E-state index is 14.8. The molecule has 0 bridgehead atoms. The number of rotatable bonds is 2. The SMILES string of the molecule is CC[C@@]1(O)C(=O)OCc2c1cc1n(c2=O)Cc2c-1nc1cc(F)c(Cl)c(F)c1c2CN. The van der Waals surface area contributed by atoms with Gasteiger partial charge in [0.15, 0.2) is 11.4 Å². The third-order valence-corrected chi connectivity index (χ3v) is 6.48. The normalized spacial score (nSPS) is 19.2. The molecule has 0 amide bonds. The summed E-state index contributed by atoms with van der Waals surface area (Å²) in [5.74, 6) is -2.77. The van der Waals surface area contributed by atoms with Crippen LogP contribution in [0.2, 0.25) is 5.02 Å². The van der Waals surface area contributed by atoms with Gasteiger partial charge >= 0.3 is 5.97 Å². The molecule has 0 aliphatic carbocycles. The Morgan fingerprint density at radius 2 is 2.06 bits per heavy atom. The summed E-state index contributed by atoms with van der Waals surface area (Å²) in [4.78, 5) is 29.8. The number of nitrogens with two attached hydrogens (primary N) is 1. The molecule has 2 aromatic heterocycles. The van der Waals surface area contributed by atoms with Crippen LogP contribution in [0.3, 0.4) is 0 Å². The lowest BCUT2D eigenvalue weighted by Crippen LogP contribution is -2.44. The summed E-state index contributed by atoms with van der Waals surface area (Å²) < 4.78 is 35.3. The zero-order chi connectivity index (χ0) is 22.2. The van der Waals surface area contributed by atoms with E-state index in [2.05, 4.69) is 4.98 Å². The molecule has 1 aromatic carbocycles. The number of cyclic esters (lactones) is 1. The molecule has 0 radical (unpaired) electrons. The summed E-state index contributed by atoms with van der Waals surface area (Å²) in [5, 5.41) is 10.2. The van der Waals surface area contributed by atoms with Gasteiger partial charge in [-0.3, -0.25) is 4.79 Å². The number of benzene rings is 1. The van der Waals surface area contributed by atoms with Gasteiger partial charge in [0.05, 0.1) is 29.0 Å². The number of ether oxygens (including phenoxy) is 1. The maximum Gasteiger partial charge on any atom is 0.343 e. The van der Waals surface area contributed by atoms with Crippen LogP contribution >= 0.6 is 11.6 Å². The van der Waals surface area contributed by atoms with E-state index in [0.717, 1.165) is 6.07 Å². The van der Waals surface area contributed by atoms with E-state index >= 15 is 0 Å². The van der Waals surface area contributed by atoms with Crippen molar-refractivity contribution in [3.8, 4) is 11.4 Å². The highest BCUT2D eigenvalue weighted by atomic mass is 35.5. The summed E-state index contributed by atoms with van der Waals surface area (Å²) in [7, 11) is 0. The van der Waals surface area contributed by atoms with E-state index in [-0.39, 0.29) is 48.1 Å². The molecular weight excluding hydrogens is 432 g/mol. The Morgan fingerprint density at radius 3 is 2.74 bits per heavy atom. The maximum absolute atomic E-state index is 14.8. The van der Waals surface area contributed by atoms with E-state index in [1.165, 1.54) is 10.6 Å². The van der Waals surface area contributed by atoms with Crippen LogP contribution in [-0.4, -0.2) is 20.6 Å². The Labute approximate surface area is 179 Å². The highest BCUT2D eigenvalue weighted by molar-refractivity contribution is 6.31. The average Bonchev–Trinajstić information content (AvgIpc) is 3.12.